The lowest BCUT2D eigenvalue weighted by Gasteiger charge is -2.32. The zero-order chi connectivity index (χ0) is 12.3. The van der Waals surface area contributed by atoms with Crippen LogP contribution in [0.25, 0.3) is 0 Å². The Morgan fingerprint density at radius 1 is 1.44 bits per heavy atom. The van der Waals surface area contributed by atoms with E-state index in [1.54, 1.807) is 13.0 Å². The number of anilines is 1. The van der Waals surface area contributed by atoms with Gasteiger partial charge in [-0.3, -0.25) is 4.79 Å². The fourth-order valence-electron chi connectivity index (χ4n) is 1.33. The summed E-state index contributed by atoms with van der Waals surface area (Å²) < 4.78 is 0. The van der Waals surface area contributed by atoms with Crippen LogP contribution in [0.3, 0.4) is 0 Å². The molecule has 0 aromatic heterocycles. The van der Waals surface area contributed by atoms with Gasteiger partial charge in [-0.15, -0.1) is 0 Å². The smallest absolute Gasteiger partial charge is 0.243 e. The van der Waals surface area contributed by atoms with Gasteiger partial charge in [0.2, 0.25) is 5.91 Å². The molecule has 3 N–H and O–H groups in total. The van der Waals surface area contributed by atoms with Crippen molar-refractivity contribution in [1.29, 1.82) is 0 Å². The molecule has 1 aromatic carbocycles. The molecule has 1 rings (SSSR count). The predicted octanol–water partition coefficient (Wildman–Crippen LogP) is 2.65. The number of carbonyl (C=O) groups excluding carboxylic acids is 1. The van der Waals surface area contributed by atoms with E-state index >= 15 is 0 Å². The molecule has 1 amide bonds. The normalized spacial score (nSPS) is 14.6. The Morgan fingerprint density at radius 2 is 2.00 bits per heavy atom. The molecule has 0 radical (unpaired) electrons. The Labute approximate surface area is 101 Å². The lowest BCUT2D eigenvalue weighted by Crippen LogP contribution is -2.52. The second-order valence-electron chi connectivity index (χ2n) is 4.33. The number of primary amides is 1. The highest BCUT2D eigenvalue weighted by molar-refractivity contribution is 6.33. The van der Waals surface area contributed by atoms with Crippen LogP contribution in [0.1, 0.15) is 20.8 Å². The molecule has 0 saturated heterocycles. The Balaban J connectivity index is 3.02. The van der Waals surface area contributed by atoms with Gasteiger partial charge in [0.15, 0.2) is 0 Å². The van der Waals surface area contributed by atoms with Gasteiger partial charge in [0, 0.05) is 0 Å². The van der Waals surface area contributed by atoms with Crippen molar-refractivity contribution < 1.29 is 4.79 Å². The molecule has 0 aliphatic carbocycles. The number of carbonyl (C=O) groups is 1. The van der Waals surface area contributed by atoms with E-state index in [1.165, 1.54) is 0 Å². The molecule has 0 spiro atoms. The molecule has 4 heteroatoms. The van der Waals surface area contributed by atoms with Crippen LogP contribution in [0.5, 0.6) is 0 Å². The van der Waals surface area contributed by atoms with Crippen LogP contribution >= 0.6 is 11.6 Å². The summed E-state index contributed by atoms with van der Waals surface area (Å²) in [5, 5.41) is 3.70. The highest BCUT2D eigenvalue weighted by Gasteiger charge is 2.34. The minimum atomic E-state index is -0.801. The molecule has 0 aliphatic rings. The Morgan fingerprint density at radius 3 is 2.44 bits per heavy atom. The van der Waals surface area contributed by atoms with Crippen LogP contribution < -0.4 is 11.1 Å². The van der Waals surface area contributed by atoms with E-state index in [9.17, 15) is 4.79 Å². The third kappa shape index (κ3) is 2.47. The van der Waals surface area contributed by atoms with E-state index in [4.69, 9.17) is 17.3 Å². The van der Waals surface area contributed by atoms with Crippen LogP contribution in [-0.2, 0) is 4.79 Å². The number of nitrogens with one attached hydrogen (secondary N) is 1. The summed E-state index contributed by atoms with van der Waals surface area (Å²) in [6.07, 6.45) is 0. The molecule has 1 aromatic rings. The minimum Gasteiger partial charge on any atom is -0.370 e. The van der Waals surface area contributed by atoms with Crippen molar-refractivity contribution in [2.75, 3.05) is 5.32 Å². The van der Waals surface area contributed by atoms with Crippen molar-refractivity contribution in [2.45, 2.75) is 26.3 Å². The monoisotopic (exact) mass is 240 g/mol. The van der Waals surface area contributed by atoms with Crippen molar-refractivity contribution in [1.82, 2.24) is 0 Å². The highest BCUT2D eigenvalue weighted by Crippen LogP contribution is 2.27. The number of halogens is 1. The SMILES string of the molecule is CC(C)C(C)(Nc1ccccc1Cl)C(N)=O. The van der Waals surface area contributed by atoms with Crippen molar-refractivity contribution in [3.05, 3.63) is 29.3 Å². The molecule has 1 unspecified atom stereocenters. The molecule has 16 heavy (non-hydrogen) atoms. The Kier molecular flexibility index (Phi) is 3.81. The summed E-state index contributed by atoms with van der Waals surface area (Å²) in [6, 6.07) is 7.29. The molecule has 0 bridgehead atoms. The summed E-state index contributed by atoms with van der Waals surface area (Å²) in [5.74, 6) is -0.316. The van der Waals surface area contributed by atoms with Gasteiger partial charge >= 0.3 is 0 Å². The van der Waals surface area contributed by atoms with Crippen LogP contribution in [0.4, 0.5) is 5.69 Å². The highest BCUT2D eigenvalue weighted by atomic mass is 35.5. The second-order valence-corrected chi connectivity index (χ2v) is 4.73. The summed E-state index contributed by atoms with van der Waals surface area (Å²) in [6.45, 7) is 5.66. The second kappa shape index (κ2) is 4.74. The van der Waals surface area contributed by atoms with Gasteiger partial charge in [0.25, 0.3) is 0 Å². The topological polar surface area (TPSA) is 55.1 Å². The molecule has 88 valence electrons. The standard InChI is InChI=1S/C12H17ClN2O/c1-8(2)12(3,11(14)16)15-10-7-5-4-6-9(10)13/h4-8,15H,1-3H3,(H2,14,16). The quantitative estimate of drug-likeness (QED) is 0.850. The molecule has 1 atom stereocenters. The number of hydrogen-bond donors (Lipinski definition) is 2. The number of benzene rings is 1. The number of hydrogen-bond acceptors (Lipinski definition) is 2. The van der Waals surface area contributed by atoms with Gasteiger partial charge in [-0.05, 0) is 25.0 Å². The van der Waals surface area contributed by atoms with Crippen molar-refractivity contribution in [3.8, 4) is 0 Å². The maximum Gasteiger partial charge on any atom is 0.243 e. The third-order valence-electron chi connectivity index (χ3n) is 2.93. The zero-order valence-electron chi connectivity index (χ0n) is 9.75. The Hall–Kier alpha value is -1.22. The molecule has 0 saturated carbocycles. The maximum absolute atomic E-state index is 11.5. The van der Waals surface area contributed by atoms with E-state index < -0.39 is 5.54 Å². The number of nitrogens with two attached hydrogens (primary N) is 1. The summed E-state index contributed by atoms with van der Waals surface area (Å²) in [5.41, 5.74) is 5.35. The zero-order valence-corrected chi connectivity index (χ0v) is 10.5. The molecule has 3 nitrogen and oxygen atoms in total. The van der Waals surface area contributed by atoms with Gasteiger partial charge in [0.05, 0.1) is 10.7 Å². The molecular weight excluding hydrogens is 224 g/mol. The molecular formula is C12H17ClN2O. The van der Waals surface area contributed by atoms with Crippen molar-refractivity contribution in [2.24, 2.45) is 11.7 Å². The van der Waals surface area contributed by atoms with Crippen molar-refractivity contribution >= 4 is 23.2 Å². The van der Waals surface area contributed by atoms with E-state index in [1.807, 2.05) is 32.0 Å². The third-order valence-corrected chi connectivity index (χ3v) is 3.26. The molecule has 0 heterocycles. The first-order chi connectivity index (χ1) is 7.38. The first-order valence-corrected chi connectivity index (χ1v) is 5.58. The summed E-state index contributed by atoms with van der Waals surface area (Å²) in [4.78, 5) is 11.5. The van der Waals surface area contributed by atoms with Crippen LogP contribution in [-0.4, -0.2) is 11.4 Å². The number of para-hydroxylation sites is 1. The van der Waals surface area contributed by atoms with Crippen LogP contribution in [0.15, 0.2) is 24.3 Å². The fraction of sp³-hybridized carbons (Fsp3) is 0.417. The number of amides is 1. The predicted molar refractivity (Wildman–Crippen MR) is 67.5 cm³/mol. The van der Waals surface area contributed by atoms with Crippen molar-refractivity contribution in [3.63, 3.8) is 0 Å². The van der Waals surface area contributed by atoms with Crippen LogP contribution in [0, 0.1) is 5.92 Å². The maximum atomic E-state index is 11.5. The van der Waals surface area contributed by atoms with E-state index in [2.05, 4.69) is 5.32 Å². The average molecular weight is 241 g/mol. The van der Waals surface area contributed by atoms with E-state index in [-0.39, 0.29) is 11.8 Å². The van der Waals surface area contributed by atoms with E-state index in [0.29, 0.717) is 5.02 Å². The lowest BCUT2D eigenvalue weighted by atomic mass is 9.87. The van der Waals surface area contributed by atoms with Gasteiger partial charge in [-0.1, -0.05) is 37.6 Å². The number of rotatable bonds is 4. The minimum absolute atomic E-state index is 0.0706. The summed E-state index contributed by atoms with van der Waals surface area (Å²) >= 11 is 6.03. The molecule has 0 aliphatic heterocycles. The van der Waals surface area contributed by atoms with Gasteiger partial charge < -0.3 is 11.1 Å². The summed E-state index contributed by atoms with van der Waals surface area (Å²) in [7, 11) is 0. The first kappa shape index (κ1) is 12.8. The average Bonchev–Trinajstić information content (AvgIpc) is 2.20. The Bertz CT molecular complexity index is 392. The largest absolute Gasteiger partial charge is 0.370 e. The van der Waals surface area contributed by atoms with Gasteiger partial charge in [-0.2, -0.15) is 0 Å². The van der Waals surface area contributed by atoms with Gasteiger partial charge in [-0.25, -0.2) is 0 Å². The van der Waals surface area contributed by atoms with E-state index in [0.717, 1.165) is 5.69 Å². The van der Waals surface area contributed by atoms with Crippen LogP contribution in [0.2, 0.25) is 5.02 Å². The molecule has 0 fully saturated rings. The first-order valence-electron chi connectivity index (χ1n) is 5.20. The van der Waals surface area contributed by atoms with Gasteiger partial charge in [0.1, 0.15) is 5.54 Å². The fourth-order valence-corrected chi connectivity index (χ4v) is 1.52. The lowest BCUT2D eigenvalue weighted by molar-refractivity contribution is -0.123.